The van der Waals surface area contributed by atoms with E-state index in [0.29, 0.717) is 24.0 Å². The highest BCUT2D eigenvalue weighted by Crippen LogP contribution is 2.23. The van der Waals surface area contributed by atoms with Gasteiger partial charge in [-0.25, -0.2) is 0 Å². The van der Waals surface area contributed by atoms with E-state index in [-0.39, 0.29) is 5.43 Å². The third kappa shape index (κ3) is 7.71. The van der Waals surface area contributed by atoms with Gasteiger partial charge in [0.15, 0.2) is 5.43 Å². The Labute approximate surface area is 210 Å². The van der Waals surface area contributed by atoms with Gasteiger partial charge in [0.25, 0.3) is 0 Å². The Balaban J connectivity index is 1.69. The van der Waals surface area contributed by atoms with E-state index in [1.54, 1.807) is 0 Å². The first kappa shape index (κ1) is 27.0. The van der Waals surface area contributed by atoms with Crippen LogP contribution in [0.4, 0.5) is 0 Å². The number of hydrogen-bond donors (Lipinski definition) is 1. The first-order valence-electron chi connectivity index (χ1n) is 13.4. The van der Waals surface area contributed by atoms with E-state index in [4.69, 9.17) is 9.47 Å². The monoisotopic (exact) mass is 481 g/mol. The maximum atomic E-state index is 13.2. The molecule has 6 heteroatoms. The second kappa shape index (κ2) is 14.1. The van der Waals surface area contributed by atoms with Crippen LogP contribution in [0.25, 0.3) is 21.8 Å². The van der Waals surface area contributed by atoms with Crippen molar-refractivity contribution in [2.24, 2.45) is 0 Å². The van der Waals surface area contributed by atoms with Gasteiger partial charge < -0.3 is 14.5 Å². The molecule has 1 heterocycles. The molecule has 0 aliphatic heterocycles. The smallest absolute Gasteiger partial charge is 0.197 e. The molecule has 0 atom stereocenters. The maximum Gasteiger partial charge on any atom is 0.197 e. The van der Waals surface area contributed by atoms with Crippen LogP contribution in [0.15, 0.2) is 41.2 Å². The van der Waals surface area contributed by atoms with Crippen LogP contribution < -0.4 is 14.9 Å². The molecular formula is C29H43N3O3. The van der Waals surface area contributed by atoms with Gasteiger partial charge in [-0.2, -0.15) is 0 Å². The van der Waals surface area contributed by atoms with Crippen LogP contribution >= 0.6 is 0 Å². The second-order valence-electron chi connectivity index (χ2n) is 9.25. The summed E-state index contributed by atoms with van der Waals surface area (Å²) in [5, 5.41) is 1.31. The van der Waals surface area contributed by atoms with Crippen molar-refractivity contribution in [1.29, 1.82) is 0 Å². The van der Waals surface area contributed by atoms with E-state index in [0.717, 1.165) is 87.5 Å². The van der Waals surface area contributed by atoms with Gasteiger partial charge in [-0.1, -0.05) is 27.7 Å². The second-order valence-corrected chi connectivity index (χ2v) is 9.25. The minimum absolute atomic E-state index is 0.0152. The molecule has 3 aromatic rings. The lowest BCUT2D eigenvalue weighted by molar-refractivity contribution is 0.209. The van der Waals surface area contributed by atoms with E-state index < -0.39 is 0 Å². The molecular weight excluding hydrogens is 438 g/mol. The van der Waals surface area contributed by atoms with Crippen molar-refractivity contribution in [2.75, 3.05) is 52.5 Å². The number of nitrogens with one attached hydrogen (secondary N) is 1. The summed E-state index contributed by atoms with van der Waals surface area (Å²) >= 11 is 0. The molecule has 0 saturated heterocycles. The lowest BCUT2D eigenvalue weighted by Crippen LogP contribution is -2.30. The molecule has 0 aliphatic carbocycles. The Kier molecular flexibility index (Phi) is 10.9. The molecule has 0 radical (unpaired) electrons. The zero-order valence-corrected chi connectivity index (χ0v) is 22.1. The third-order valence-corrected chi connectivity index (χ3v) is 6.25. The molecule has 0 bridgehead atoms. The molecule has 2 aromatic carbocycles. The molecule has 0 aliphatic rings. The molecule has 0 fully saturated rings. The van der Waals surface area contributed by atoms with E-state index in [2.05, 4.69) is 42.5 Å². The number of aromatic amines is 1. The maximum absolute atomic E-state index is 13.2. The highest BCUT2D eigenvalue weighted by molar-refractivity contribution is 5.93. The zero-order valence-electron chi connectivity index (χ0n) is 22.1. The molecule has 1 aromatic heterocycles. The number of fused-ring (bicyclic) bond motifs is 2. The van der Waals surface area contributed by atoms with Gasteiger partial charge >= 0.3 is 0 Å². The minimum atomic E-state index is 0.0152. The molecule has 0 saturated carbocycles. The number of pyridine rings is 1. The predicted molar refractivity (Wildman–Crippen MR) is 147 cm³/mol. The van der Waals surface area contributed by atoms with Crippen LogP contribution in [0.2, 0.25) is 0 Å². The van der Waals surface area contributed by atoms with Crippen LogP contribution in [-0.2, 0) is 0 Å². The topological polar surface area (TPSA) is 57.8 Å². The first-order chi connectivity index (χ1) is 17.1. The van der Waals surface area contributed by atoms with Crippen LogP contribution in [-0.4, -0.2) is 67.3 Å². The molecule has 0 amide bonds. The van der Waals surface area contributed by atoms with Gasteiger partial charge in [-0.15, -0.1) is 0 Å². The van der Waals surface area contributed by atoms with Gasteiger partial charge in [0.05, 0.1) is 11.0 Å². The Morgan fingerprint density at radius 2 is 1.14 bits per heavy atom. The number of ether oxygens (including phenoxy) is 2. The Morgan fingerprint density at radius 1 is 0.629 bits per heavy atom. The van der Waals surface area contributed by atoms with Crippen molar-refractivity contribution in [3.63, 3.8) is 0 Å². The van der Waals surface area contributed by atoms with Crippen molar-refractivity contribution in [1.82, 2.24) is 14.8 Å². The molecule has 192 valence electrons. The van der Waals surface area contributed by atoms with Gasteiger partial charge in [0.2, 0.25) is 0 Å². The standard InChI is InChI=1S/C29H43N3O3/c1-5-13-31(14-6-2)17-19-34-23-10-12-27-26(21-23)29(33)25-11-9-24(22-28(25)30-27)35-20-18-32(15-7-3)16-8-4/h9-12,21-22H,5-8,13-20H2,1-4H3,(H,30,33). The number of hydrogen-bond acceptors (Lipinski definition) is 5. The van der Waals surface area contributed by atoms with Crippen molar-refractivity contribution >= 4 is 21.8 Å². The van der Waals surface area contributed by atoms with Crippen molar-refractivity contribution < 1.29 is 9.47 Å². The van der Waals surface area contributed by atoms with Crippen molar-refractivity contribution in [3.8, 4) is 11.5 Å². The van der Waals surface area contributed by atoms with Crippen molar-refractivity contribution in [3.05, 3.63) is 46.6 Å². The minimum Gasteiger partial charge on any atom is -0.492 e. The predicted octanol–water partition coefficient (Wildman–Crippen LogP) is 5.68. The molecule has 0 spiro atoms. The van der Waals surface area contributed by atoms with Crippen LogP contribution in [0.3, 0.4) is 0 Å². The summed E-state index contributed by atoms with van der Waals surface area (Å²) in [5.41, 5.74) is 1.62. The summed E-state index contributed by atoms with van der Waals surface area (Å²) in [6.07, 6.45) is 4.57. The SMILES string of the molecule is CCCN(CCC)CCOc1ccc2c(=O)c3cc(OCCN(CCC)CCC)ccc3[nH]c2c1. The first-order valence-corrected chi connectivity index (χ1v) is 13.4. The fraction of sp³-hybridized carbons (Fsp3) is 0.552. The Morgan fingerprint density at radius 3 is 1.69 bits per heavy atom. The Bertz CT molecular complexity index is 1100. The quantitative estimate of drug-likeness (QED) is 0.267. The molecule has 1 N–H and O–H groups in total. The summed E-state index contributed by atoms with van der Waals surface area (Å²) in [6, 6.07) is 11.4. The van der Waals surface area contributed by atoms with Gasteiger partial charge in [0, 0.05) is 29.9 Å². The summed E-state index contributed by atoms with van der Waals surface area (Å²) in [5.74, 6) is 1.52. The van der Waals surface area contributed by atoms with E-state index in [1.165, 1.54) is 0 Å². The third-order valence-electron chi connectivity index (χ3n) is 6.25. The summed E-state index contributed by atoms with van der Waals surface area (Å²) in [6.45, 7) is 16.2. The molecule has 35 heavy (non-hydrogen) atoms. The summed E-state index contributed by atoms with van der Waals surface area (Å²) in [4.78, 5) is 21.5. The van der Waals surface area contributed by atoms with Gasteiger partial charge in [-0.05, 0) is 82.2 Å². The van der Waals surface area contributed by atoms with Gasteiger partial charge in [-0.3, -0.25) is 14.6 Å². The zero-order chi connectivity index (χ0) is 25.0. The van der Waals surface area contributed by atoms with Crippen LogP contribution in [0, 0.1) is 0 Å². The number of aromatic nitrogens is 1. The van der Waals surface area contributed by atoms with E-state index in [1.807, 2.05) is 36.4 Å². The van der Waals surface area contributed by atoms with Crippen LogP contribution in [0.1, 0.15) is 53.4 Å². The normalized spacial score (nSPS) is 11.7. The largest absolute Gasteiger partial charge is 0.492 e. The fourth-order valence-electron chi connectivity index (χ4n) is 4.64. The summed E-state index contributed by atoms with van der Waals surface area (Å²) < 4.78 is 12.0. The highest BCUT2D eigenvalue weighted by Gasteiger charge is 2.10. The number of nitrogens with zero attached hydrogens (tertiary/aromatic N) is 2. The highest BCUT2D eigenvalue weighted by atomic mass is 16.5. The average Bonchev–Trinajstić information content (AvgIpc) is 2.85. The average molecular weight is 482 g/mol. The number of benzene rings is 2. The number of rotatable bonds is 16. The Hall–Kier alpha value is -2.57. The fourth-order valence-corrected chi connectivity index (χ4v) is 4.64. The van der Waals surface area contributed by atoms with E-state index in [9.17, 15) is 4.79 Å². The lowest BCUT2D eigenvalue weighted by Gasteiger charge is -2.21. The van der Waals surface area contributed by atoms with Crippen molar-refractivity contribution in [2.45, 2.75) is 53.4 Å². The summed E-state index contributed by atoms with van der Waals surface area (Å²) in [7, 11) is 0. The van der Waals surface area contributed by atoms with Crippen LogP contribution in [0.5, 0.6) is 11.5 Å². The molecule has 3 rings (SSSR count). The van der Waals surface area contributed by atoms with E-state index >= 15 is 0 Å². The lowest BCUT2D eigenvalue weighted by atomic mass is 10.1. The molecule has 6 nitrogen and oxygen atoms in total. The molecule has 0 unspecified atom stereocenters. The number of H-pyrrole nitrogens is 1. The van der Waals surface area contributed by atoms with Gasteiger partial charge in [0.1, 0.15) is 24.7 Å².